The summed E-state index contributed by atoms with van der Waals surface area (Å²) in [5, 5.41) is 0. The van der Waals surface area contributed by atoms with E-state index in [4.69, 9.17) is 5.73 Å². The monoisotopic (exact) mass is 195 g/mol. The molecule has 1 unspecified atom stereocenters. The molecule has 0 heterocycles. The van der Waals surface area contributed by atoms with Gasteiger partial charge in [-0.2, -0.15) is 0 Å². The Labute approximate surface area is 85.1 Å². The molecule has 78 valence electrons. The van der Waals surface area contributed by atoms with Crippen molar-refractivity contribution in [2.45, 2.75) is 39.4 Å². The van der Waals surface area contributed by atoms with Crippen molar-refractivity contribution in [2.75, 3.05) is 0 Å². The van der Waals surface area contributed by atoms with Crippen LogP contribution < -0.4 is 5.73 Å². The third-order valence-electron chi connectivity index (χ3n) is 2.19. The number of nitrogens with two attached hydrogens (primary N) is 1. The second-order valence-corrected chi connectivity index (χ2v) is 4.60. The van der Waals surface area contributed by atoms with Gasteiger partial charge in [0, 0.05) is 5.54 Å². The van der Waals surface area contributed by atoms with E-state index in [2.05, 4.69) is 0 Å². The summed E-state index contributed by atoms with van der Waals surface area (Å²) in [6.07, 6.45) is -1.11. The minimum Gasteiger partial charge on any atom is -0.323 e. The maximum atomic E-state index is 13.9. The molecule has 14 heavy (non-hydrogen) atoms. The van der Waals surface area contributed by atoms with Crippen LogP contribution in [0.2, 0.25) is 0 Å². The third-order valence-corrected chi connectivity index (χ3v) is 2.19. The zero-order valence-corrected chi connectivity index (χ0v) is 9.26. The van der Waals surface area contributed by atoms with Gasteiger partial charge in [0.1, 0.15) is 6.17 Å². The first-order valence-corrected chi connectivity index (χ1v) is 4.82. The first-order chi connectivity index (χ1) is 6.30. The molecule has 1 aromatic carbocycles. The van der Waals surface area contributed by atoms with E-state index in [0.717, 1.165) is 11.1 Å². The molecule has 0 saturated heterocycles. The Morgan fingerprint density at radius 3 is 1.93 bits per heavy atom. The Kier molecular flexibility index (Phi) is 2.95. The van der Waals surface area contributed by atoms with E-state index in [0.29, 0.717) is 5.56 Å². The number of halogens is 1. The van der Waals surface area contributed by atoms with Gasteiger partial charge in [-0.05, 0) is 33.3 Å². The minimum absolute atomic E-state index is 0.676. The summed E-state index contributed by atoms with van der Waals surface area (Å²) in [4.78, 5) is 0. The van der Waals surface area contributed by atoms with Gasteiger partial charge in [0.15, 0.2) is 0 Å². The van der Waals surface area contributed by atoms with Gasteiger partial charge < -0.3 is 5.73 Å². The molecule has 0 amide bonds. The maximum absolute atomic E-state index is 13.9. The molecule has 0 radical (unpaired) electrons. The molecule has 1 nitrogen and oxygen atoms in total. The molecule has 0 fully saturated rings. The van der Waals surface area contributed by atoms with E-state index in [9.17, 15) is 4.39 Å². The van der Waals surface area contributed by atoms with Crippen molar-refractivity contribution in [3.05, 3.63) is 34.9 Å². The molecule has 0 aliphatic carbocycles. The normalized spacial score (nSPS) is 14.1. The third kappa shape index (κ3) is 2.55. The van der Waals surface area contributed by atoms with Crippen LogP contribution in [-0.4, -0.2) is 5.54 Å². The summed E-state index contributed by atoms with van der Waals surface area (Å²) in [6, 6.07) is 5.73. The number of hydrogen-bond acceptors (Lipinski definition) is 1. The van der Waals surface area contributed by atoms with Crippen molar-refractivity contribution in [3.63, 3.8) is 0 Å². The van der Waals surface area contributed by atoms with Crippen LogP contribution in [0.25, 0.3) is 0 Å². The lowest BCUT2D eigenvalue weighted by molar-refractivity contribution is 0.223. The highest BCUT2D eigenvalue weighted by atomic mass is 19.1. The van der Waals surface area contributed by atoms with E-state index >= 15 is 0 Å². The standard InChI is InChI=1S/C12H18FN/c1-8-5-9(2)7-10(6-8)11(13)12(3,4)14/h5-7,11H,14H2,1-4H3. The molecular weight excluding hydrogens is 177 g/mol. The molecule has 0 spiro atoms. The van der Waals surface area contributed by atoms with Gasteiger partial charge in [-0.1, -0.05) is 29.3 Å². The van der Waals surface area contributed by atoms with E-state index in [1.807, 2.05) is 32.0 Å². The Morgan fingerprint density at radius 2 is 1.57 bits per heavy atom. The summed E-state index contributed by atoms with van der Waals surface area (Å²) in [5.74, 6) is 0. The SMILES string of the molecule is Cc1cc(C)cc(C(F)C(C)(C)N)c1. The highest BCUT2D eigenvalue weighted by Crippen LogP contribution is 2.28. The molecule has 2 N–H and O–H groups in total. The summed E-state index contributed by atoms with van der Waals surface area (Å²) in [7, 11) is 0. The zero-order valence-electron chi connectivity index (χ0n) is 9.26. The van der Waals surface area contributed by atoms with E-state index in [1.54, 1.807) is 13.8 Å². The lowest BCUT2D eigenvalue weighted by atomic mass is 9.92. The molecule has 1 aromatic rings. The molecule has 1 rings (SSSR count). The van der Waals surface area contributed by atoms with Crippen molar-refractivity contribution in [1.82, 2.24) is 0 Å². The summed E-state index contributed by atoms with van der Waals surface area (Å²) < 4.78 is 13.9. The van der Waals surface area contributed by atoms with Crippen molar-refractivity contribution >= 4 is 0 Å². The van der Waals surface area contributed by atoms with Crippen LogP contribution in [0.15, 0.2) is 18.2 Å². The van der Waals surface area contributed by atoms with Crippen LogP contribution in [-0.2, 0) is 0 Å². The summed E-state index contributed by atoms with van der Waals surface area (Å²) in [6.45, 7) is 7.34. The van der Waals surface area contributed by atoms with Crippen LogP contribution >= 0.6 is 0 Å². The minimum atomic E-state index is -1.11. The average molecular weight is 195 g/mol. The Balaban J connectivity index is 3.07. The fourth-order valence-electron chi connectivity index (χ4n) is 1.59. The van der Waals surface area contributed by atoms with Gasteiger partial charge in [-0.3, -0.25) is 0 Å². The van der Waals surface area contributed by atoms with Gasteiger partial charge in [-0.25, -0.2) is 4.39 Å². The van der Waals surface area contributed by atoms with Crippen molar-refractivity contribution in [1.29, 1.82) is 0 Å². The van der Waals surface area contributed by atoms with E-state index < -0.39 is 11.7 Å². The second kappa shape index (κ2) is 3.70. The highest BCUT2D eigenvalue weighted by molar-refractivity contribution is 5.31. The Morgan fingerprint density at radius 1 is 1.14 bits per heavy atom. The zero-order chi connectivity index (χ0) is 10.9. The second-order valence-electron chi connectivity index (χ2n) is 4.60. The van der Waals surface area contributed by atoms with Gasteiger partial charge in [0.25, 0.3) is 0 Å². The van der Waals surface area contributed by atoms with E-state index in [1.165, 1.54) is 0 Å². The Bertz CT molecular complexity index is 305. The lowest BCUT2D eigenvalue weighted by Gasteiger charge is -2.24. The highest BCUT2D eigenvalue weighted by Gasteiger charge is 2.26. The summed E-state index contributed by atoms with van der Waals surface area (Å²) >= 11 is 0. The van der Waals surface area contributed by atoms with Crippen LogP contribution in [0, 0.1) is 13.8 Å². The fraction of sp³-hybridized carbons (Fsp3) is 0.500. The van der Waals surface area contributed by atoms with Gasteiger partial charge in [0.05, 0.1) is 0 Å². The Hall–Kier alpha value is -0.890. The molecule has 2 heteroatoms. The topological polar surface area (TPSA) is 26.0 Å². The lowest BCUT2D eigenvalue weighted by Crippen LogP contribution is -2.37. The van der Waals surface area contributed by atoms with Crippen molar-refractivity contribution in [3.8, 4) is 0 Å². The van der Waals surface area contributed by atoms with Gasteiger partial charge >= 0.3 is 0 Å². The fourth-order valence-corrected chi connectivity index (χ4v) is 1.59. The molecular formula is C12H18FN. The van der Waals surface area contributed by atoms with Crippen molar-refractivity contribution < 1.29 is 4.39 Å². The first kappa shape index (κ1) is 11.2. The molecule has 0 bridgehead atoms. The molecule has 0 aliphatic rings. The smallest absolute Gasteiger partial charge is 0.142 e. The number of rotatable bonds is 2. The summed E-state index contributed by atoms with van der Waals surface area (Å²) in [5.41, 5.74) is 7.74. The quantitative estimate of drug-likeness (QED) is 0.771. The molecule has 0 saturated carbocycles. The predicted octanol–water partition coefficient (Wildman–Crippen LogP) is 3.05. The van der Waals surface area contributed by atoms with E-state index in [-0.39, 0.29) is 0 Å². The van der Waals surface area contributed by atoms with Crippen LogP contribution in [0.5, 0.6) is 0 Å². The molecule has 1 atom stereocenters. The number of aryl methyl sites for hydroxylation is 2. The maximum Gasteiger partial charge on any atom is 0.142 e. The van der Waals surface area contributed by atoms with Gasteiger partial charge in [-0.15, -0.1) is 0 Å². The molecule has 0 aliphatic heterocycles. The van der Waals surface area contributed by atoms with Crippen LogP contribution in [0.3, 0.4) is 0 Å². The predicted molar refractivity (Wildman–Crippen MR) is 58.0 cm³/mol. The molecule has 0 aromatic heterocycles. The van der Waals surface area contributed by atoms with Gasteiger partial charge in [0.2, 0.25) is 0 Å². The van der Waals surface area contributed by atoms with Crippen LogP contribution in [0.1, 0.15) is 36.7 Å². The number of alkyl halides is 1. The van der Waals surface area contributed by atoms with Crippen molar-refractivity contribution in [2.24, 2.45) is 5.73 Å². The largest absolute Gasteiger partial charge is 0.323 e. The first-order valence-electron chi connectivity index (χ1n) is 4.82. The van der Waals surface area contributed by atoms with Crippen LogP contribution in [0.4, 0.5) is 4.39 Å². The number of benzene rings is 1. The number of hydrogen-bond donors (Lipinski definition) is 1. The average Bonchev–Trinajstić information content (AvgIpc) is 1.99.